The van der Waals surface area contributed by atoms with Gasteiger partial charge in [0.25, 0.3) is 0 Å². The monoisotopic (exact) mass is 172 g/mol. The lowest BCUT2D eigenvalue weighted by Crippen LogP contribution is -2.39. The minimum absolute atomic E-state index is 0.294. The van der Waals surface area contributed by atoms with Crippen molar-refractivity contribution in [1.82, 2.24) is 5.06 Å². The first-order chi connectivity index (χ1) is 5.67. The summed E-state index contributed by atoms with van der Waals surface area (Å²) in [5.74, 6) is 0. The van der Waals surface area contributed by atoms with Crippen LogP contribution in [0.3, 0.4) is 0 Å². The Kier molecular flexibility index (Phi) is 5.93. The summed E-state index contributed by atoms with van der Waals surface area (Å²) in [6.07, 6.45) is 3.24. The second kappa shape index (κ2) is 6.14. The third-order valence-corrected chi connectivity index (χ3v) is 2.13. The van der Waals surface area contributed by atoms with Crippen LogP contribution >= 0.6 is 0 Å². The van der Waals surface area contributed by atoms with Gasteiger partial charge in [0.05, 0.1) is 7.11 Å². The lowest BCUT2D eigenvalue weighted by atomic mass is 10.2. The van der Waals surface area contributed by atoms with E-state index in [0.29, 0.717) is 12.1 Å². The Labute approximate surface area is 75.2 Å². The first kappa shape index (κ1) is 11.6. The van der Waals surface area contributed by atoms with Crippen molar-refractivity contribution in [2.45, 2.75) is 45.7 Å². The van der Waals surface area contributed by atoms with Crippen LogP contribution < -0.4 is 0 Å². The van der Waals surface area contributed by atoms with Gasteiger partial charge in [0, 0.05) is 12.1 Å². The maximum Gasteiger partial charge on any atom is 0.0575 e. The fraction of sp³-hybridized carbons (Fsp3) is 0.889. The van der Waals surface area contributed by atoms with Gasteiger partial charge in [0.2, 0.25) is 0 Å². The lowest BCUT2D eigenvalue weighted by molar-refractivity contribution is -0.181. The molecular weight excluding hydrogens is 152 g/mol. The number of nitrogens with zero attached hydrogens (tertiary/aromatic N) is 1. The van der Waals surface area contributed by atoms with Gasteiger partial charge in [-0.25, -0.2) is 0 Å². The third kappa shape index (κ3) is 3.32. The van der Waals surface area contributed by atoms with Crippen molar-refractivity contribution in [1.29, 1.82) is 5.41 Å². The lowest BCUT2D eigenvalue weighted by Gasteiger charge is -2.30. The third-order valence-electron chi connectivity index (χ3n) is 2.13. The molecule has 0 aliphatic heterocycles. The van der Waals surface area contributed by atoms with Crippen LogP contribution in [0.2, 0.25) is 0 Å². The predicted octanol–water partition coefficient (Wildman–Crippen LogP) is 2.08. The van der Waals surface area contributed by atoms with Crippen LogP contribution in [0.5, 0.6) is 0 Å². The molecule has 0 saturated heterocycles. The van der Waals surface area contributed by atoms with Gasteiger partial charge in [-0.3, -0.25) is 0 Å². The molecule has 0 saturated carbocycles. The van der Waals surface area contributed by atoms with Crippen molar-refractivity contribution in [2.24, 2.45) is 0 Å². The van der Waals surface area contributed by atoms with Crippen LogP contribution in [0.1, 0.15) is 33.6 Å². The van der Waals surface area contributed by atoms with E-state index in [1.165, 1.54) is 6.21 Å². The van der Waals surface area contributed by atoms with Crippen LogP contribution in [0.15, 0.2) is 0 Å². The number of rotatable bonds is 6. The Morgan fingerprint density at radius 1 is 1.42 bits per heavy atom. The van der Waals surface area contributed by atoms with E-state index in [1.54, 1.807) is 7.11 Å². The molecule has 0 amide bonds. The summed E-state index contributed by atoms with van der Waals surface area (Å²) in [6.45, 7) is 6.33. The van der Waals surface area contributed by atoms with Crippen molar-refractivity contribution in [3.05, 3.63) is 0 Å². The molecule has 12 heavy (non-hydrogen) atoms. The quantitative estimate of drug-likeness (QED) is 0.492. The summed E-state index contributed by atoms with van der Waals surface area (Å²) >= 11 is 0. The Morgan fingerprint density at radius 3 is 2.33 bits per heavy atom. The minimum atomic E-state index is 0.294. The zero-order valence-corrected chi connectivity index (χ0v) is 8.50. The van der Waals surface area contributed by atoms with Crippen molar-refractivity contribution < 1.29 is 4.84 Å². The molecular formula is C9H20N2O. The zero-order chi connectivity index (χ0) is 9.56. The molecule has 0 radical (unpaired) electrons. The second-order valence-corrected chi connectivity index (χ2v) is 3.09. The van der Waals surface area contributed by atoms with Gasteiger partial charge in [-0.2, -0.15) is 5.06 Å². The van der Waals surface area contributed by atoms with E-state index in [4.69, 9.17) is 10.2 Å². The standard InChI is InChI=1S/C9H20N2O/c1-5-8(2)11(12-4)9(3)6-7-10/h7-10H,5-6H2,1-4H3/t8-,9+/m0/s1. The number of nitrogens with one attached hydrogen (secondary N) is 1. The summed E-state index contributed by atoms with van der Waals surface area (Å²) in [5.41, 5.74) is 0. The van der Waals surface area contributed by atoms with Gasteiger partial charge in [-0.05, 0) is 32.9 Å². The topological polar surface area (TPSA) is 36.3 Å². The maximum absolute atomic E-state index is 6.99. The molecule has 3 heteroatoms. The molecule has 0 rings (SSSR count). The fourth-order valence-electron chi connectivity index (χ4n) is 1.25. The minimum Gasteiger partial charge on any atom is -0.313 e. The number of hydrogen-bond acceptors (Lipinski definition) is 3. The molecule has 0 aromatic carbocycles. The largest absolute Gasteiger partial charge is 0.313 e. The molecule has 0 spiro atoms. The van der Waals surface area contributed by atoms with Crippen molar-refractivity contribution in [2.75, 3.05) is 7.11 Å². The van der Waals surface area contributed by atoms with Crippen LogP contribution in [0.25, 0.3) is 0 Å². The molecule has 0 bridgehead atoms. The molecule has 3 nitrogen and oxygen atoms in total. The molecule has 0 heterocycles. The van der Waals surface area contributed by atoms with E-state index in [9.17, 15) is 0 Å². The van der Waals surface area contributed by atoms with Gasteiger partial charge in [0.1, 0.15) is 0 Å². The van der Waals surface area contributed by atoms with Crippen LogP contribution in [-0.4, -0.2) is 30.5 Å². The fourth-order valence-corrected chi connectivity index (χ4v) is 1.25. The average molecular weight is 172 g/mol. The maximum atomic E-state index is 6.99. The summed E-state index contributed by atoms with van der Waals surface area (Å²) in [5, 5.41) is 8.94. The van der Waals surface area contributed by atoms with Crippen molar-refractivity contribution in [3.8, 4) is 0 Å². The van der Waals surface area contributed by atoms with Gasteiger partial charge in [-0.15, -0.1) is 0 Å². The van der Waals surface area contributed by atoms with Gasteiger partial charge < -0.3 is 10.2 Å². The highest BCUT2D eigenvalue weighted by molar-refractivity contribution is 5.53. The molecule has 0 fully saturated rings. The highest BCUT2D eigenvalue weighted by atomic mass is 16.7. The van der Waals surface area contributed by atoms with Crippen LogP contribution in [-0.2, 0) is 4.84 Å². The Hall–Kier alpha value is -0.410. The van der Waals surface area contributed by atoms with Gasteiger partial charge in [0.15, 0.2) is 0 Å². The van der Waals surface area contributed by atoms with Gasteiger partial charge in [-0.1, -0.05) is 6.92 Å². The number of hydrogen-bond donors (Lipinski definition) is 1. The van der Waals surface area contributed by atoms with E-state index in [2.05, 4.69) is 20.8 Å². The summed E-state index contributed by atoms with van der Waals surface area (Å²) in [4.78, 5) is 5.25. The Morgan fingerprint density at radius 2 is 2.00 bits per heavy atom. The first-order valence-corrected chi connectivity index (χ1v) is 4.48. The molecule has 2 atom stereocenters. The molecule has 1 N–H and O–H groups in total. The highest BCUT2D eigenvalue weighted by Gasteiger charge is 2.17. The van der Waals surface area contributed by atoms with Crippen molar-refractivity contribution in [3.63, 3.8) is 0 Å². The van der Waals surface area contributed by atoms with Crippen LogP contribution in [0, 0.1) is 5.41 Å². The normalized spacial score (nSPS) is 16.1. The molecule has 0 aliphatic carbocycles. The Balaban J connectivity index is 4.02. The Bertz CT molecular complexity index is 128. The van der Waals surface area contributed by atoms with E-state index in [0.717, 1.165) is 12.8 Å². The molecule has 72 valence electrons. The summed E-state index contributed by atoms with van der Waals surface area (Å²) < 4.78 is 0. The zero-order valence-electron chi connectivity index (χ0n) is 8.50. The number of hydroxylamine groups is 2. The summed E-state index contributed by atoms with van der Waals surface area (Å²) in [6, 6.07) is 0.715. The molecule has 0 aromatic heterocycles. The highest BCUT2D eigenvalue weighted by Crippen LogP contribution is 2.10. The molecule has 0 unspecified atom stereocenters. The predicted molar refractivity (Wildman–Crippen MR) is 51.5 cm³/mol. The second-order valence-electron chi connectivity index (χ2n) is 3.09. The van der Waals surface area contributed by atoms with E-state index >= 15 is 0 Å². The van der Waals surface area contributed by atoms with E-state index < -0.39 is 0 Å². The van der Waals surface area contributed by atoms with Crippen LogP contribution in [0.4, 0.5) is 0 Å². The van der Waals surface area contributed by atoms with Gasteiger partial charge >= 0.3 is 0 Å². The average Bonchev–Trinajstić information content (AvgIpc) is 2.06. The van der Waals surface area contributed by atoms with E-state index in [1.807, 2.05) is 5.06 Å². The summed E-state index contributed by atoms with van der Waals surface area (Å²) in [7, 11) is 1.69. The molecule has 0 aliphatic rings. The van der Waals surface area contributed by atoms with E-state index in [-0.39, 0.29) is 0 Å². The smallest absolute Gasteiger partial charge is 0.0575 e. The van der Waals surface area contributed by atoms with Crippen molar-refractivity contribution >= 4 is 6.21 Å². The SMILES string of the molecule is CC[C@H](C)N(OC)[C@H](C)CC=N. The first-order valence-electron chi connectivity index (χ1n) is 4.48. The molecule has 0 aromatic rings.